The van der Waals surface area contributed by atoms with E-state index in [0.29, 0.717) is 31.5 Å². The summed E-state index contributed by atoms with van der Waals surface area (Å²) in [6.45, 7) is 3.71. The van der Waals surface area contributed by atoms with Gasteiger partial charge in [0.1, 0.15) is 0 Å². The van der Waals surface area contributed by atoms with Crippen molar-refractivity contribution in [2.24, 2.45) is 11.3 Å². The first-order valence-electron chi connectivity index (χ1n) is 10.7. The molecule has 1 aromatic carbocycles. The van der Waals surface area contributed by atoms with E-state index in [9.17, 15) is 14.4 Å². The molecule has 166 valence electrons. The van der Waals surface area contributed by atoms with Crippen LogP contribution in [0.25, 0.3) is 5.57 Å². The van der Waals surface area contributed by atoms with Crippen LogP contribution in [0.2, 0.25) is 0 Å². The lowest BCUT2D eigenvalue weighted by Crippen LogP contribution is -2.59. The summed E-state index contributed by atoms with van der Waals surface area (Å²) in [6, 6.07) is 4.88. The van der Waals surface area contributed by atoms with Crippen molar-refractivity contribution >= 4 is 23.4 Å². The van der Waals surface area contributed by atoms with E-state index in [1.165, 1.54) is 7.11 Å². The van der Waals surface area contributed by atoms with Crippen molar-refractivity contribution in [3.63, 3.8) is 0 Å². The monoisotopic (exact) mass is 427 g/mol. The van der Waals surface area contributed by atoms with Gasteiger partial charge >= 0.3 is 5.97 Å². The Kier molecular flexibility index (Phi) is 5.85. The molecule has 1 aliphatic carbocycles. The predicted molar refractivity (Wildman–Crippen MR) is 113 cm³/mol. The molecule has 31 heavy (non-hydrogen) atoms. The lowest BCUT2D eigenvalue weighted by molar-refractivity contribution is -0.144. The summed E-state index contributed by atoms with van der Waals surface area (Å²) in [6.07, 6.45) is 5.47. The number of esters is 1. The van der Waals surface area contributed by atoms with Crippen LogP contribution >= 0.6 is 0 Å². The molecule has 1 aromatic rings. The molecule has 3 N–H and O–H groups in total. The number of amides is 2. The van der Waals surface area contributed by atoms with Crippen LogP contribution in [0.4, 0.5) is 0 Å². The minimum Gasteiger partial charge on any atom is -0.465 e. The van der Waals surface area contributed by atoms with E-state index in [2.05, 4.69) is 5.32 Å². The molecule has 0 unspecified atom stereocenters. The Hall–Kier alpha value is -2.71. The fourth-order valence-electron chi connectivity index (χ4n) is 4.85. The largest absolute Gasteiger partial charge is 0.465 e. The number of rotatable bonds is 4. The quantitative estimate of drug-likeness (QED) is 0.383. The van der Waals surface area contributed by atoms with Crippen molar-refractivity contribution in [1.82, 2.24) is 15.7 Å². The summed E-state index contributed by atoms with van der Waals surface area (Å²) < 4.78 is 4.78. The molecule has 2 aliphatic heterocycles. The third-order valence-corrected chi connectivity index (χ3v) is 6.94. The predicted octanol–water partition coefficient (Wildman–Crippen LogP) is 1.66. The third-order valence-electron chi connectivity index (χ3n) is 6.94. The average Bonchev–Trinajstić information content (AvgIpc) is 3.56. The van der Waals surface area contributed by atoms with Gasteiger partial charge in [-0.15, -0.1) is 0 Å². The number of nitrogens with zero attached hydrogens (tertiary/aromatic N) is 1. The number of carbonyl (C=O) groups is 3. The number of aryl methyl sites for hydroxylation is 1. The van der Waals surface area contributed by atoms with Gasteiger partial charge in [0.2, 0.25) is 11.8 Å². The maximum atomic E-state index is 13.2. The zero-order chi connectivity index (χ0) is 22.2. The Morgan fingerprint density at radius 1 is 1.29 bits per heavy atom. The van der Waals surface area contributed by atoms with Gasteiger partial charge in [-0.25, -0.2) is 10.3 Å². The first-order chi connectivity index (χ1) is 14.9. The summed E-state index contributed by atoms with van der Waals surface area (Å²) in [5, 5.41) is 12.4. The first-order valence-corrected chi connectivity index (χ1v) is 10.7. The van der Waals surface area contributed by atoms with Crippen molar-refractivity contribution in [2.45, 2.75) is 38.6 Å². The second kappa shape index (κ2) is 8.43. The highest BCUT2D eigenvalue weighted by Crippen LogP contribution is 2.52. The number of nitrogens with one attached hydrogen (secondary N) is 2. The Bertz CT molecular complexity index is 937. The second-order valence-corrected chi connectivity index (χ2v) is 8.93. The molecule has 2 heterocycles. The first kappa shape index (κ1) is 21.5. The Morgan fingerprint density at radius 2 is 2.06 bits per heavy atom. The highest BCUT2D eigenvalue weighted by molar-refractivity contribution is 5.91. The van der Waals surface area contributed by atoms with Gasteiger partial charge in [0.05, 0.1) is 24.6 Å². The maximum Gasteiger partial charge on any atom is 0.337 e. The number of piperidine rings is 1. The molecule has 4 rings (SSSR count). The molecule has 2 amide bonds. The number of methoxy groups -OCH3 is 1. The van der Waals surface area contributed by atoms with Crippen LogP contribution in [0, 0.1) is 18.3 Å². The van der Waals surface area contributed by atoms with Gasteiger partial charge in [0.25, 0.3) is 0 Å². The minimum atomic E-state index is -0.616. The topological polar surface area (TPSA) is 108 Å². The van der Waals surface area contributed by atoms with Gasteiger partial charge in [0.15, 0.2) is 0 Å². The number of hydrogen-bond acceptors (Lipinski definition) is 6. The highest BCUT2D eigenvalue weighted by atomic mass is 16.5. The number of ether oxygens (including phenoxy) is 1. The Morgan fingerprint density at radius 3 is 2.65 bits per heavy atom. The van der Waals surface area contributed by atoms with E-state index < -0.39 is 17.9 Å². The minimum absolute atomic E-state index is 0.0999. The SMILES string of the molecule is COC(=O)c1ccc(C2=CCN(C(=O)[C@H]3NCC4(CC4)C[C@@H]3C(=O)NO)CC2)c(C)c1. The van der Waals surface area contributed by atoms with Crippen LogP contribution in [-0.4, -0.2) is 60.7 Å². The lowest BCUT2D eigenvalue weighted by atomic mass is 9.81. The molecule has 3 aliphatic rings. The van der Waals surface area contributed by atoms with Gasteiger partial charge < -0.3 is 15.0 Å². The molecule has 8 nitrogen and oxygen atoms in total. The average molecular weight is 428 g/mol. The lowest BCUT2D eigenvalue weighted by Gasteiger charge is -2.38. The van der Waals surface area contributed by atoms with E-state index >= 15 is 0 Å². The molecule has 1 saturated heterocycles. The maximum absolute atomic E-state index is 13.2. The zero-order valence-electron chi connectivity index (χ0n) is 17.9. The van der Waals surface area contributed by atoms with Crippen molar-refractivity contribution in [1.29, 1.82) is 0 Å². The van der Waals surface area contributed by atoms with Gasteiger partial charge in [-0.05, 0) is 66.9 Å². The van der Waals surface area contributed by atoms with Gasteiger partial charge in [0, 0.05) is 19.6 Å². The van der Waals surface area contributed by atoms with Crippen molar-refractivity contribution in [2.75, 3.05) is 26.7 Å². The summed E-state index contributed by atoms with van der Waals surface area (Å²) in [5.41, 5.74) is 5.55. The molecule has 0 bridgehead atoms. The molecule has 0 radical (unpaired) electrons. The van der Waals surface area contributed by atoms with E-state index in [1.807, 2.05) is 25.1 Å². The summed E-state index contributed by atoms with van der Waals surface area (Å²) in [7, 11) is 1.36. The van der Waals surface area contributed by atoms with Gasteiger partial charge in [-0.2, -0.15) is 0 Å². The standard InChI is InChI=1S/C23H29N3O5/c1-14-11-16(22(29)31-2)3-4-17(14)15-5-9-26(10-6-15)21(28)19-18(20(27)25-30)12-23(7-8-23)13-24-19/h3-5,11,18-19,24,30H,6-10,12-13H2,1-2H3,(H,25,27)/t18-,19-/m0/s1. The van der Waals surface area contributed by atoms with Crippen molar-refractivity contribution in [3.8, 4) is 0 Å². The van der Waals surface area contributed by atoms with Crippen LogP contribution in [-0.2, 0) is 14.3 Å². The fraction of sp³-hybridized carbons (Fsp3) is 0.522. The van der Waals surface area contributed by atoms with Crippen LogP contribution in [0.15, 0.2) is 24.3 Å². The van der Waals surface area contributed by atoms with Gasteiger partial charge in [-0.1, -0.05) is 12.1 Å². The van der Waals surface area contributed by atoms with E-state index in [4.69, 9.17) is 9.94 Å². The van der Waals surface area contributed by atoms with E-state index in [0.717, 1.165) is 36.1 Å². The van der Waals surface area contributed by atoms with Crippen molar-refractivity contribution in [3.05, 3.63) is 41.0 Å². The van der Waals surface area contributed by atoms with Crippen LogP contribution < -0.4 is 10.8 Å². The number of carbonyl (C=O) groups excluding carboxylic acids is 3. The zero-order valence-corrected chi connectivity index (χ0v) is 17.9. The summed E-state index contributed by atoms with van der Waals surface area (Å²) >= 11 is 0. The molecular formula is C23H29N3O5. The molecule has 2 fully saturated rings. The number of hydroxylamine groups is 1. The summed E-state index contributed by atoms with van der Waals surface area (Å²) in [5.74, 6) is -1.52. The molecule has 1 saturated carbocycles. The van der Waals surface area contributed by atoms with Gasteiger partial charge in [-0.3, -0.25) is 14.8 Å². The second-order valence-electron chi connectivity index (χ2n) is 8.93. The Balaban J connectivity index is 1.45. The van der Waals surface area contributed by atoms with Crippen LogP contribution in [0.1, 0.15) is 47.2 Å². The molecule has 1 spiro atoms. The van der Waals surface area contributed by atoms with E-state index in [-0.39, 0.29) is 17.3 Å². The molecule has 8 heteroatoms. The Labute approximate surface area is 181 Å². The normalized spacial score (nSPS) is 24.4. The van der Waals surface area contributed by atoms with Crippen LogP contribution in [0.3, 0.4) is 0 Å². The third kappa shape index (κ3) is 4.22. The van der Waals surface area contributed by atoms with Crippen molar-refractivity contribution < 1.29 is 24.3 Å². The summed E-state index contributed by atoms with van der Waals surface area (Å²) in [4.78, 5) is 38.9. The molecular weight excluding hydrogens is 398 g/mol. The number of benzene rings is 1. The molecule has 2 atom stereocenters. The fourth-order valence-corrected chi connectivity index (χ4v) is 4.85. The van der Waals surface area contributed by atoms with E-state index in [1.54, 1.807) is 16.4 Å². The highest BCUT2D eigenvalue weighted by Gasteiger charge is 2.52. The van der Waals surface area contributed by atoms with Crippen LogP contribution in [0.5, 0.6) is 0 Å². The molecule has 0 aromatic heterocycles. The smallest absolute Gasteiger partial charge is 0.337 e. The number of hydrogen-bond donors (Lipinski definition) is 3.